The predicted octanol–water partition coefficient (Wildman–Crippen LogP) is -0.595. The van der Waals surface area contributed by atoms with E-state index >= 15 is 0 Å². The third-order valence-electron chi connectivity index (χ3n) is 3.63. The second-order valence-electron chi connectivity index (χ2n) is 5.20. The highest BCUT2D eigenvalue weighted by Crippen LogP contribution is 2.21. The van der Waals surface area contributed by atoms with Gasteiger partial charge >= 0.3 is 0 Å². The molecule has 0 N–H and O–H groups in total. The fraction of sp³-hybridized carbons (Fsp3) is 0.308. The molecule has 3 aromatic rings. The van der Waals surface area contributed by atoms with Crippen LogP contribution in [0.5, 0.6) is 0 Å². The van der Waals surface area contributed by atoms with Crippen LogP contribution in [0.25, 0.3) is 0 Å². The molecular formula is C13H13N9O. The molecule has 10 nitrogen and oxygen atoms in total. The smallest absolute Gasteiger partial charge is 0.274 e. The van der Waals surface area contributed by atoms with Gasteiger partial charge < -0.3 is 4.90 Å². The molecule has 1 amide bonds. The zero-order valence-electron chi connectivity index (χ0n) is 12.1. The van der Waals surface area contributed by atoms with Gasteiger partial charge in [0, 0.05) is 25.5 Å². The summed E-state index contributed by atoms with van der Waals surface area (Å²) in [5, 5.41) is 16.3. The largest absolute Gasteiger partial charge is 0.333 e. The minimum absolute atomic E-state index is 0.115. The first-order valence-electron chi connectivity index (χ1n) is 7.10. The van der Waals surface area contributed by atoms with E-state index in [-0.39, 0.29) is 11.9 Å². The Morgan fingerprint density at radius 2 is 2.00 bits per heavy atom. The van der Waals surface area contributed by atoms with E-state index in [2.05, 4.69) is 30.5 Å². The van der Waals surface area contributed by atoms with Crippen LogP contribution in [0.4, 0.5) is 0 Å². The Kier molecular flexibility index (Phi) is 3.26. The van der Waals surface area contributed by atoms with Crippen molar-refractivity contribution in [1.82, 2.24) is 44.9 Å². The molecule has 0 aliphatic carbocycles. The average molecular weight is 311 g/mol. The molecule has 0 unspecified atom stereocenters. The number of likely N-dealkylation sites (tertiary alicyclic amines) is 1. The normalized spacial score (nSPS) is 14.7. The number of carbonyl (C=O) groups excluding carboxylic acids is 1. The number of amides is 1. The highest BCUT2D eigenvalue weighted by atomic mass is 16.2. The topological polar surface area (TPSA) is 108 Å². The zero-order chi connectivity index (χ0) is 15.6. The van der Waals surface area contributed by atoms with E-state index < -0.39 is 0 Å². The lowest BCUT2D eigenvalue weighted by Crippen LogP contribution is -2.51. The van der Waals surface area contributed by atoms with Gasteiger partial charge in [-0.1, -0.05) is 5.21 Å². The summed E-state index contributed by atoms with van der Waals surface area (Å²) in [4.78, 5) is 23.4. The van der Waals surface area contributed by atoms with Crippen molar-refractivity contribution in [3.05, 3.63) is 48.6 Å². The predicted molar refractivity (Wildman–Crippen MR) is 76.1 cm³/mol. The van der Waals surface area contributed by atoms with Gasteiger partial charge in [0.05, 0.1) is 30.8 Å². The molecular weight excluding hydrogens is 298 g/mol. The Bertz CT molecular complexity index is 792. The van der Waals surface area contributed by atoms with E-state index in [1.807, 2.05) is 6.20 Å². The molecule has 0 aromatic carbocycles. The van der Waals surface area contributed by atoms with Crippen molar-refractivity contribution in [3.63, 3.8) is 0 Å². The van der Waals surface area contributed by atoms with Gasteiger partial charge in [0.2, 0.25) is 0 Å². The SMILES string of the molecule is O=C(c1cnccn1)N1CC(n2cc(Cn3nccn3)nn2)C1. The number of carbonyl (C=O) groups is 1. The van der Waals surface area contributed by atoms with Crippen molar-refractivity contribution >= 4 is 5.91 Å². The molecule has 3 aromatic heterocycles. The number of aromatic nitrogens is 8. The monoisotopic (exact) mass is 311 g/mol. The molecule has 4 rings (SSSR count). The van der Waals surface area contributed by atoms with Gasteiger partial charge in [-0.25, -0.2) is 9.67 Å². The van der Waals surface area contributed by atoms with Crippen LogP contribution in [-0.2, 0) is 6.54 Å². The summed E-state index contributed by atoms with van der Waals surface area (Å²) in [6.45, 7) is 1.64. The summed E-state index contributed by atoms with van der Waals surface area (Å²) in [5.74, 6) is -0.115. The summed E-state index contributed by atoms with van der Waals surface area (Å²) in [7, 11) is 0. The third-order valence-corrected chi connectivity index (χ3v) is 3.63. The summed E-state index contributed by atoms with van der Waals surface area (Å²) >= 11 is 0. The Balaban J connectivity index is 1.37. The molecule has 0 spiro atoms. The molecule has 1 fully saturated rings. The first kappa shape index (κ1) is 13.5. The lowest BCUT2D eigenvalue weighted by Gasteiger charge is -2.38. The van der Waals surface area contributed by atoms with Crippen LogP contribution >= 0.6 is 0 Å². The first-order chi connectivity index (χ1) is 11.3. The molecule has 0 radical (unpaired) electrons. The molecule has 1 aliphatic heterocycles. The average Bonchev–Trinajstić information content (AvgIpc) is 3.19. The summed E-state index contributed by atoms with van der Waals surface area (Å²) in [6.07, 6.45) is 9.62. The van der Waals surface area contributed by atoms with E-state index in [0.717, 1.165) is 5.69 Å². The number of nitrogens with zero attached hydrogens (tertiary/aromatic N) is 9. The third kappa shape index (κ3) is 2.65. The van der Waals surface area contributed by atoms with Crippen molar-refractivity contribution in [2.24, 2.45) is 0 Å². The van der Waals surface area contributed by atoms with E-state index in [0.29, 0.717) is 25.3 Å². The second kappa shape index (κ2) is 5.55. The number of rotatable bonds is 4. The van der Waals surface area contributed by atoms with Gasteiger partial charge in [0.1, 0.15) is 17.9 Å². The van der Waals surface area contributed by atoms with Gasteiger partial charge in [-0.2, -0.15) is 15.0 Å². The van der Waals surface area contributed by atoms with Gasteiger partial charge in [0.25, 0.3) is 5.91 Å². The zero-order valence-corrected chi connectivity index (χ0v) is 12.1. The lowest BCUT2D eigenvalue weighted by molar-refractivity contribution is 0.0492. The minimum atomic E-state index is -0.115. The molecule has 0 atom stereocenters. The number of hydrogen-bond donors (Lipinski definition) is 0. The quantitative estimate of drug-likeness (QED) is 0.633. The van der Waals surface area contributed by atoms with E-state index in [1.54, 1.807) is 33.0 Å². The maximum Gasteiger partial charge on any atom is 0.274 e. The Morgan fingerprint density at radius 3 is 2.74 bits per heavy atom. The lowest BCUT2D eigenvalue weighted by atomic mass is 10.1. The first-order valence-corrected chi connectivity index (χ1v) is 7.10. The van der Waals surface area contributed by atoms with Crippen molar-refractivity contribution < 1.29 is 4.79 Å². The summed E-state index contributed by atoms with van der Waals surface area (Å²) in [5.41, 5.74) is 1.13. The Morgan fingerprint density at radius 1 is 1.17 bits per heavy atom. The van der Waals surface area contributed by atoms with Crippen molar-refractivity contribution in [2.75, 3.05) is 13.1 Å². The van der Waals surface area contributed by atoms with Crippen LogP contribution in [0.3, 0.4) is 0 Å². The van der Waals surface area contributed by atoms with Crippen LogP contribution in [0, 0.1) is 0 Å². The van der Waals surface area contributed by atoms with E-state index in [4.69, 9.17) is 0 Å². The Hall–Kier alpha value is -3.17. The minimum Gasteiger partial charge on any atom is -0.333 e. The molecule has 1 saturated heterocycles. The van der Waals surface area contributed by atoms with Gasteiger partial charge in [-0.05, 0) is 0 Å². The van der Waals surface area contributed by atoms with Gasteiger partial charge in [-0.15, -0.1) is 5.10 Å². The summed E-state index contributed by atoms with van der Waals surface area (Å²) < 4.78 is 1.78. The van der Waals surface area contributed by atoms with E-state index in [9.17, 15) is 4.79 Å². The fourth-order valence-corrected chi connectivity index (χ4v) is 2.39. The van der Waals surface area contributed by atoms with Crippen LogP contribution in [0.2, 0.25) is 0 Å². The standard InChI is InChI=1S/C13H13N9O/c23-13(12-5-14-1-2-15-12)20-8-11(9-20)21-6-10(18-19-21)7-22-16-3-4-17-22/h1-6,11H,7-9H2. The molecule has 1 aliphatic rings. The van der Waals surface area contributed by atoms with Crippen LogP contribution in [-0.4, -0.2) is 63.9 Å². The highest BCUT2D eigenvalue weighted by Gasteiger charge is 2.33. The van der Waals surface area contributed by atoms with Gasteiger partial charge in [-0.3, -0.25) is 9.78 Å². The molecule has 4 heterocycles. The van der Waals surface area contributed by atoms with Crippen molar-refractivity contribution in [1.29, 1.82) is 0 Å². The van der Waals surface area contributed by atoms with Crippen LogP contribution in [0.15, 0.2) is 37.2 Å². The number of hydrogen-bond acceptors (Lipinski definition) is 7. The summed E-state index contributed by atoms with van der Waals surface area (Å²) in [6, 6.07) is 0.127. The van der Waals surface area contributed by atoms with Crippen LogP contribution in [0.1, 0.15) is 22.2 Å². The highest BCUT2D eigenvalue weighted by molar-refractivity contribution is 5.92. The Labute approximate surface area is 130 Å². The van der Waals surface area contributed by atoms with Crippen molar-refractivity contribution in [3.8, 4) is 0 Å². The maximum absolute atomic E-state index is 12.2. The molecule has 23 heavy (non-hydrogen) atoms. The van der Waals surface area contributed by atoms with Crippen molar-refractivity contribution in [2.45, 2.75) is 12.6 Å². The van der Waals surface area contributed by atoms with Gasteiger partial charge in [0.15, 0.2) is 0 Å². The molecule has 0 saturated carbocycles. The maximum atomic E-state index is 12.2. The van der Waals surface area contributed by atoms with E-state index in [1.165, 1.54) is 12.4 Å². The fourth-order valence-electron chi connectivity index (χ4n) is 2.39. The van der Waals surface area contributed by atoms with Crippen LogP contribution < -0.4 is 0 Å². The molecule has 10 heteroatoms. The molecule has 116 valence electrons. The second-order valence-corrected chi connectivity index (χ2v) is 5.20. The molecule has 0 bridgehead atoms.